The molecule has 1 aliphatic heterocycles. The molecule has 3 aromatic carbocycles. The number of anilines is 1. The molecule has 8 heteroatoms. The van der Waals surface area contributed by atoms with Gasteiger partial charge in [-0.2, -0.15) is 0 Å². The van der Waals surface area contributed by atoms with Crippen LogP contribution in [0.2, 0.25) is 0 Å². The Morgan fingerprint density at radius 3 is 2.45 bits per heavy atom. The molecule has 1 amide bonds. The number of hydrogen-bond acceptors (Lipinski definition) is 5. The maximum atomic E-state index is 13.5. The van der Waals surface area contributed by atoms with Crippen molar-refractivity contribution >= 4 is 21.6 Å². The molecule has 0 spiro atoms. The van der Waals surface area contributed by atoms with Gasteiger partial charge in [-0.3, -0.25) is 9.10 Å². The highest BCUT2D eigenvalue weighted by atomic mass is 32.2. The molecule has 0 radical (unpaired) electrons. The average Bonchev–Trinajstić information content (AvgIpc) is 2.81. The summed E-state index contributed by atoms with van der Waals surface area (Å²) in [5.74, 6) is 0.668. The molecule has 0 bridgehead atoms. The van der Waals surface area contributed by atoms with Crippen LogP contribution >= 0.6 is 0 Å². The third kappa shape index (κ3) is 5.12. The molecule has 1 heterocycles. The number of para-hydroxylation sites is 1. The Labute approximate surface area is 194 Å². The predicted octanol–water partition coefficient (Wildman–Crippen LogP) is 3.45. The lowest BCUT2D eigenvalue weighted by Gasteiger charge is -2.35. The van der Waals surface area contributed by atoms with Crippen molar-refractivity contribution in [2.45, 2.75) is 24.8 Å². The summed E-state index contributed by atoms with van der Waals surface area (Å²) in [6.07, 6.45) is -0.990. The topological polar surface area (TPSA) is 84.9 Å². The van der Waals surface area contributed by atoms with E-state index in [9.17, 15) is 13.2 Å². The van der Waals surface area contributed by atoms with Crippen LogP contribution in [0.5, 0.6) is 11.5 Å². The van der Waals surface area contributed by atoms with E-state index < -0.39 is 22.0 Å². The van der Waals surface area contributed by atoms with Gasteiger partial charge in [-0.15, -0.1) is 0 Å². The number of sulfonamides is 1. The SMILES string of the molecule is Cc1ccc(S(=O)(=O)N2C[C@@H](C(=O)NCCOc3ccccc3)Oc3cc(C)ccc32)cc1. The number of aryl methyl sites for hydroxylation is 2. The number of fused-ring (bicyclic) bond motifs is 1. The monoisotopic (exact) mass is 466 g/mol. The summed E-state index contributed by atoms with van der Waals surface area (Å²) < 4.78 is 39.7. The zero-order valence-electron chi connectivity index (χ0n) is 18.5. The fraction of sp³-hybridized carbons (Fsp3) is 0.240. The highest BCUT2D eigenvalue weighted by Crippen LogP contribution is 2.37. The number of nitrogens with zero attached hydrogens (tertiary/aromatic N) is 1. The molecule has 1 atom stereocenters. The first kappa shape index (κ1) is 22.7. The van der Waals surface area contributed by atoms with E-state index in [0.717, 1.165) is 11.1 Å². The molecule has 0 aliphatic carbocycles. The smallest absolute Gasteiger partial charge is 0.264 e. The molecule has 4 rings (SSSR count). The van der Waals surface area contributed by atoms with Crippen LogP contribution in [0.3, 0.4) is 0 Å². The number of amides is 1. The third-order valence-electron chi connectivity index (χ3n) is 5.30. The van der Waals surface area contributed by atoms with Crippen LogP contribution in [0.15, 0.2) is 77.7 Å². The molecule has 0 saturated carbocycles. The van der Waals surface area contributed by atoms with Crippen LogP contribution in [0.25, 0.3) is 0 Å². The predicted molar refractivity (Wildman–Crippen MR) is 126 cm³/mol. The fourth-order valence-corrected chi connectivity index (χ4v) is 5.01. The molecular formula is C25H26N2O5S. The molecule has 0 fully saturated rings. The Bertz CT molecular complexity index is 1230. The van der Waals surface area contributed by atoms with Gasteiger partial charge in [-0.1, -0.05) is 42.0 Å². The zero-order valence-corrected chi connectivity index (χ0v) is 19.3. The number of nitrogens with one attached hydrogen (secondary N) is 1. The van der Waals surface area contributed by atoms with Gasteiger partial charge in [0, 0.05) is 0 Å². The molecule has 0 unspecified atom stereocenters. The number of carbonyl (C=O) groups excluding carboxylic acids is 1. The van der Waals surface area contributed by atoms with E-state index in [0.29, 0.717) is 17.2 Å². The number of carbonyl (C=O) groups is 1. The highest BCUT2D eigenvalue weighted by molar-refractivity contribution is 7.92. The van der Waals surface area contributed by atoms with Crippen LogP contribution in [0.4, 0.5) is 5.69 Å². The lowest BCUT2D eigenvalue weighted by molar-refractivity contribution is -0.127. The second-order valence-corrected chi connectivity index (χ2v) is 9.74. The Morgan fingerprint density at radius 2 is 1.73 bits per heavy atom. The largest absolute Gasteiger partial charge is 0.492 e. The van der Waals surface area contributed by atoms with E-state index in [4.69, 9.17) is 9.47 Å². The van der Waals surface area contributed by atoms with Gasteiger partial charge >= 0.3 is 0 Å². The van der Waals surface area contributed by atoms with Gasteiger partial charge in [-0.05, 0) is 55.8 Å². The average molecular weight is 467 g/mol. The number of benzene rings is 3. The molecule has 0 aromatic heterocycles. The van der Waals surface area contributed by atoms with E-state index >= 15 is 0 Å². The Kier molecular flexibility index (Phi) is 6.55. The minimum atomic E-state index is -3.88. The quantitative estimate of drug-likeness (QED) is 0.539. The first-order valence-electron chi connectivity index (χ1n) is 10.7. The number of hydrogen-bond donors (Lipinski definition) is 1. The molecule has 3 aromatic rings. The van der Waals surface area contributed by atoms with Crippen LogP contribution in [0, 0.1) is 13.8 Å². The molecule has 172 valence electrons. The van der Waals surface area contributed by atoms with Crippen molar-refractivity contribution in [3.63, 3.8) is 0 Å². The van der Waals surface area contributed by atoms with Crippen LogP contribution in [0.1, 0.15) is 11.1 Å². The molecular weight excluding hydrogens is 440 g/mol. The highest BCUT2D eigenvalue weighted by Gasteiger charge is 2.37. The van der Waals surface area contributed by atoms with Gasteiger partial charge in [0.2, 0.25) is 0 Å². The first-order valence-corrected chi connectivity index (χ1v) is 12.1. The van der Waals surface area contributed by atoms with Crippen molar-refractivity contribution in [2.24, 2.45) is 0 Å². The minimum absolute atomic E-state index is 0.127. The molecule has 1 aliphatic rings. The summed E-state index contributed by atoms with van der Waals surface area (Å²) in [4.78, 5) is 13.0. The Balaban J connectivity index is 1.51. The van der Waals surface area contributed by atoms with E-state index in [2.05, 4.69) is 5.32 Å². The van der Waals surface area contributed by atoms with Crippen molar-refractivity contribution in [1.29, 1.82) is 0 Å². The van der Waals surface area contributed by atoms with E-state index in [-0.39, 0.29) is 24.6 Å². The van der Waals surface area contributed by atoms with Gasteiger partial charge in [0.1, 0.15) is 18.1 Å². The maximum Gasteiger partial charge on any atom is 0.264 e. The first-order chi connectivity index (χ1) is 15.8. The van der Waals surface area contributed by atoms with Crippen molar-refractivity contribution in [2.75, 3.05) is 24.0 Å². The lowest BCUT2D eigenvalue weighted by Crippen LogP contribution is -2.51. The van der Waals surface area contributed by atoms with E-state index in [1.807, 2.05) is 50.2 Å². The van der Waals surface area contributed by atoms with Crippen molar-refractivity contribution < 1.29 is 22.7 Å². The van der Waals surface area contributed by atoms with Crippen LogP contribution < -0.4 is 19.1 Å². The lowest BCUT2D eigenvalue weighted by atomic mass is 10.1. The van der Waals surface area contributed by atoms with Gasteiger partial charge in [0.05, 0.1) is 23.7 Å². The normalized spacial score (nSPS) is 15.3. The van der Waals surface area contributed by atoms with Gasteiger partial charge in [0.25, 0.3) is 15.9 Å². The standard InChI is InChI=1S/C25H26N2O5S/c1-18-8-11-21(12-9-18)33(29,30)27-17-24(32-23-16-19(2)10-13-22(23)27)25(28)26-14-15-31-20-6-4-3-5-7-20/h3-13,16,24H,14-15,17H2,1-2H3,(H,26,28)/t24-/m0/s1. The summed E-state index contributed by atoms with van der Waals surface area (Å²) in [5, 5.41) is 2.78. The second-order valence-electron chi connectivity index (χ2n) is 7.88. The van der Waals surface area contributed by atoms with E-state index in [1.54, 1.807) is 36.4 Å². The van der Waals surface area contributed by atoms with Crippen molar-refractivity contribution in [3.05, 3.63) is 83.9 Å². The van der Waals surface area contributed by atoms with E-state index in [1.165, 1.54) is 4.31 Å². The summed E-state index contributed by atoms with van der Waals surface area (Å²) in [6.45, 7) is 4.19. The third-order valence-corrected chi connectivity index (χ3v) is 7.09. The summed E-state index contributed by atoms with van der Waals surface area (Å²) in [7, 11) is -3.88. The fourth-order valence-electron chi connectivity index (χ4n) is 3.54. The maximum absolute atomic E-state index is 13.5. The minimum Gasteiger partial charge on any atom is -0.492 e. The van der Waals surface area contributed by atoms with Crippen molar-refractivity contribution in [1.82, 2.24) is 5.32 Å². The molecule has 0 saturated heterocycles. The number of ether oxygens (including phenoxy) is 2. The Hall–Kier alpha value is -3.52. The summed E-state index contributed by atoms with van der Waals surface area (Å²) in [5.41, 5.74) is 2.28. The number of rotatable bonds is 7. The molecule has 7 nitrogen and oxygen atoms in total. The summed E-state index contributed by atoms with van der Waals surface area (Å²) >= 11 is 0. The Morgan fingerprint density at radius 1 is 1.03 bits per heavy atom. The van der Waals surface area contributed by atoms with Crippen molar-refractivity contribution in [3.8, 4) is 11.5 Å². The van der Waals surface area contributed by atoms with Crippen LogP contribution in [-0.2, 0) is 14.8 Å². The zero-order chi connectivity index (χ0) is 23.4. The molecule has 33 heavy (non-hydrogen) atoms. The van der Waals surface area contributed by atoms with Gasteiger partial charge in [-0.25, -0.2) is 8.42 Å². The van der Waals surface area contributed by atoms with Crippen LogP contribution in [-0.4, -0.2) is 40.1 Å². The second kappa shape index (κ2) is 9.54. The molecule has 1 N–H and O–H groups in total. The van der Waals surface area contributed by atoms with Gasteiger partial charge in [0.15, 0.2) is 6.10 Å². The summed E-state index contributed by atoms with van der Waals surface area (Å²) in [6, 6.07) is 21.2. The van der Waals surface area contributed by atoms with Gasteiger partial charge < -0.3 is 14.8 Å².